The summed E-state index contributed by atoms with van der Waals surface area (Å²) in [6.45, 7) is 0. The molecule has 0 aromatic heterocycles. The fourth-order valence-electron chi connectivity index (χ4n) is 3.57. The highest BCUT2D eigenvalue weighted by atomic mass is 14.2. The molecule has 0 saturated carbocycles. The lowest BCUT2D eigenvalue weighted by atomic mass is 9.81. The summed E-state index contributed by atoms with van der Waals surface area (Å²) in [6, 6.07) is 29.3. The molecule has 0 unspecified atom stereocenters. The Labute approximate surface area is 154 Å². The van der Waals surface area contributed by atoms with Crippen LogP contribution in [0, 0.1) is 24.7 Å². The van der Waals surface area contributed by atoms with E-state index in [9.17, 15) is 0 Å². The Kier molecular flexibility index (Phi) is 4.18. The van der Waals surface area contributed by atoms with E-state index in [1.54, 1.807) is 0 Å². The van der Waals surface area contributed by atoms with Gasteiger partial charge in [0.15, 0.2) is 0 Å². The van der Waals surface area contributed by atoms with E-state index >= 15 is 0 Å². The van der Waals surface area contributed by atoms with Crippen LogP contribution in [0.5, 0.6) is 0 Å². The third-order valence-electron chi connectivity index (χ3n) is 4.96. The van der Waals surface area contributed by atoms with Crippen molar-refractivity contribution in [2.45, 2.75) is 11.8 Å². The van der Waals surface area contributed by atoms with Crippen LogP contribution in [0.1, 0.15) is 23.0 Å². The zero-order chi connectivity index (χ0) is 17.9. The van der Waals surface area contributed by atoms with Crippen molar-refractivity contribution in [1.82, 2.24) is 0 Å². The fraction of sp³-hybridized carbons (Fsp3) is 0.0769. The first kappa shape index (κ1) is 16.0. The Hall–Kier alpha value is -3.48. The summed E-state index contributed by atoms with van der Waals surface area (Å²) < 4.78 is 0. The second kappa shape index (κ2) is 6.79. The molecule has 26 heavy (non-hydrogen) atoms. The number of benzene rings is 4. The number of fused-ring (bicyclic) bond motifs is 2. The van der Waals surface area contributed by atoms with Gasteiger partial charge in [0, 0.05) is 0 Å². The summed E-state index contributed by atoms with van der Waals surface area (Å²) in [5, 5.41) is 4.77. The van der Waals surface area contributed by atoms with E-state index in [4.69, 9.17) is 12.8 Å². The molecule has 4 rings (SSSR count). The van der Waals surface area contributed by atoms with Crippen molar-refractivity contribution in [3.63, 3.8) is 0 Å². The number of rotatable bonds is 3. The standard InChI is InChI=1S/C26H18/c1-3-25(23-15-13-19-9-5-7-11-21(19)17-23)26(4-2)24-16-14-20-10-6-8-12-22(20)18-24/h1-2,5-18,25-26H/t25-,26-/m1/s1. The minimum absolute atomic E-state index is 0.161. The molecule has 2 atom stereocenters. The van der Waals surface area contributed by atoms with Crippen molar-refractivity contribution in [1.29, 1.82) is 0 Å². The van der Waals surface area contributed by atoms with Crippen LogP contribution in [-0.2, 0) is 0 Å². The minimum Gasteiger partial charge on any atom is -0.119 e. The second-order valence-corrected chi connectivity index (χ2v) is 6.50. The maximum absolute atomic E-state index is 5.93. The Bertz CT molecular complexity index is 1070. The van der Waals surface area contributed by atoms with E-state index < -0.39 is 0 Å². The van der Waals surface area contributed by atoms with E-state index in [1.807, 2.05) is 24.3 Å². The summed E-state index contributed by atoms with van der Waals surface area (Å²) in [6.07, 6.45) is 11.9. The van der Waals surface area contributed by atoms with Crippen molar-refractivity contribution < 1.29 is 0 Å². The van der Waals surface area contributed by atoms with Gasteiger partial charge in [-0.05, 0) is 44.8 Å². The summed E-state index contributed by atoms with van der Waals surface area (Å²) in [5.74, 6) is 5.55. The molecule has 0 aliphatic rings. The molecule has 0 saturated heterocycles. The molecule has 0 radical (unpaired) electrons. The molecule has 0 amide bonds. The average Bonchev–Trinajstić information content (AvgIpc) is 2.71. The number of terminal acetylenes is 2. The van der Waals surface area contributed by atoms with Gasteiger partial charge in [0.05, 0.1) is 11.8 Å². The van der Waals surface area contributed by atoms with Crippen LogP contribution < -0.4 is 0 Å². The van der Waals surface area contributed by atoms with Crippen molar-refractivity contribution in [2.75, 3.05) is 0 Å². The summed E-state index contributed by atoms with van der Waals surface area (Å²) >= 11 is 0. The van der Waals surface area contributed by atoms with E-state index in [0.717, 1.165) is 11.1 Å². The van der Waals surface area contributed by atoms with Crippen molar-refractivity contribution in [3.8, 4) is 24.7 Å². The van der Waals surface area contributed by atoms with E-state index in [-0.39, 0.29) is 11.8 Å². The van der Waals surface area contributed by atoms with Gasteiger partial charge in [0.1, 0.15) is 0 Å². The molecule has 0 aliphatic heterocycles. The summed E-state index contributed by atoms with van der Waals surface area (Å²) in [5.41, 5.74) is 2.17. The van der Waals surface area contributed by atoms with Crippen LogP contribution in [0.25, 0.3) is 21.5 Å². The molecule has 0 nitrogen and oxygen atoms in total. The predicted octanol–water partition coefficient (Wildman–Crippen LogP) is 6.13. The van der Waals surface area contributed by atoms with Crippen molar-refractivity contribution in [2.24, 2.45) is 0 Å². The lowest BCUT2D eigenvalue weighted by Gasteiger charge is -2.20. The zero-order valence-electron chi connectivity index (χ0n) is 14.4. The normalized spacial score (nSPS) is 13.0. The van der Waals surface area contributed by atoms with Gasteiger partial charge in [-0.1, -0.05) is 84.6 Å². The van der Waals surface area contributed by atoms with Crippen LogP contribution in [0.15, 0.2) is 84.9 Å². The smallest absolute Gasteiger partial charge is 0.0628 e. The van der Waals surface area contributed by atoms with Crippen LogP contribution in [0.4, 0.5) is 0 Å². The van der Waals surface area contributed by atoms with E-state index in [1.165, 1.54) is 21.5 Å². The average molecular weight is 330 g/mol. The van der Waals surface area contributed by atoms with Gasteiger partial charge in [0.2, 0.25) is 0 Å². The highest BCUT2D eigenvalue weighted by Crippen LogP contribution is 2.34. The number of hydrogen-bond acceptors (Lipinski definition) is 0. The van der Waals surface area contributed by atoms with Crippen LogP contribution in [0.3, 0.4) is 0 Å². The van der Waals surface area contributed by atoms with Gasteiger partial charge in [-0.25, -0.2) is 0 Å². The SMILES string of the molecule is C#C[C@H](c1ccc2ccccc2c1)[C@H](C#C)c1ccc2ccccc2c1. The topological polar surface area (TPSA) is 0 Å². The summed E-state index contributed by atoms with van der Waals surface area (Å²) in [7, 11) is 0. The van der Waals surface area contributed by atoms with Crippen LogP contribution in [-0.4, -0.2) is 0 Å². The quantitative estimate of drug-likeness (QED) is 0.397. The monoisotopic (exact) mass is 330 g/mol. The van der Waals surface area contributed by atoms with Gasteiger partial charge in [-0.2, -0.15) is 0 Å². The van der Waals surface area contributed by atoms with Crippen molar-refractivity contribution >= 4 is 21.5 Å². The Morgan fingerprint density at radius 3 is 1.27 bits per heavy atom. The van der Waals surface area contributed by atoms with Gasteiger partial charge < -0.3 is 0 Å². The number of hydrogen-bond donors (Lipinski definition) is 0. The molecule has 122 valence electrons. The zero-order valence-corrected chi connectivity index (χ0v) is 14.4. The first-order valence-corrected chi connectivity index (χ1v) is 8.70. The first-order valence-electron chi connectivity index (χ1n) is 8.70. The van der Waals surface area contributed by atoms with Gasteiger partial charge in [0.25, 0.3) is 0 Å². The third-order valence-corrected chi connectivity index (χ3v) is 4.96. The molecular weight excluding hydrogens is 312 g/mol. The molecule has 0 heteroatoms. The van der Waals surface area contributed by atoms with E-state index in [2.05, 4.69) is 72.5 Å². The van der Waals surface area contributed by atoms with Gasteiger partial charge >= 0.3 is 0 Å². The van der Waals surface area contributed by atoms with Gasteiger partial charge in [-0.3, -0.25) is 0 Å². The van der Waals surface area contributed by atoms with Crippen LogP contribution in [0.2, 0.25) is 0 Å². The Morgan fingerprint density at radius 2 is 0.885 bits per heavy atom. The molecule has 4 aromatic rings. The predicted molar refractivity (Wildman–Crippen MR) is 111 cm³/mol. The molecule has 0 spiro atoms. The van der Waals surface area contributed by atoms with Crippen molar-refractivity contribution in [3.05, 3.63) is 96.1 Å². The first-order chi connectivity index (χ1) is 12.8. The highest BCUT2D eigenvalue weighted by Gasteiger charge is 2.22. The molecule has 0 bridgehead atoms. The molecule has 0 aliphatic carbocycles. The Balaban J connectivity index is 1.79. The minimum atomic E-state index is -0.161. The van der Waals surface area contributed by atoms with Crippen LogP contribution >= 0.6 is 0 Å². The summed E-state index contributed by atoms with van der Waals surface area (Å²) in [4.78, 5) is 0. The maximum atomic E-state index is 5.93. The van der Waals surface area contributed by atoms with E-state index in [0.29, 0.717) is 0 Å². The lowest BCUT2D eigenvalue weighted by molar-refractivity contribution is 0.784. The highest BCUT2D eigenvalue weighted by molar-refractivity contribution is 5.84. The maximum Gasteiger partial charge on any atom is 0.0628 e. The molecule has 0 N–H and O–H groups in total. The second-order valence-electron chi connectivity index (χ2n) is 6.50. The molecule has 0 heterocycles. The Morgan fingerprint density at radius 1 is 0.500 bits per heavy atom. The largest absolute Gasteiger partial charge is 0.119 e. The fourth-order valence-corrected chi connectivity index (χ4v) is 3.57. The van der Waals surface area contributed by atoms with Gasteiger partial charge in [-0.15, -0.1) is 12.8 Å². The molecule has 0 fully saturated rings. The lowest BCUT2D eigenvalue weighted by Crippen LogP contribution is -2.08. The molecule has 4 aromatic carbocycles. The third kappa shape index (κ3) is 2.83. The molecular formula is C26H18.